The quantitative estimate of drug-likeness (QED) is 0.116. The van der Waals surface area contributed by atoms with E-state index in [2.05, 4.69) is 256 Å². The van der Waals surface area contributed by atoms with E-state index < -0.39 is 8.07 Å². The van der Waals surface area contributed by atoms with Crippen LogP contribution in [0.15, 0.2) is 243 Å². The molecule has 4 aromatic heterocycles. The zero-order chi connectivity index (χ0) is 44.1. The van der Waals surface area contributed by atoms with Crippen LogP contribution in [-0.4, -0.2) is 26.6 Å². The van der Waals surface area contributed by atoms with Crippen molar-refractivity contribution in [2.75, 3.05) is 0 Å². The highest BCUT2D eigenvalue weighted by Gasteiger charge is 2.44. The fraction of sp³-hybridized carbons (Fsp3) is 0. The van der Waals surface area contributed by atoms with Crippen LogP contribution in [0.4, 0.5) is 0 Å². The second-order valence-corrected chi connectivity index (χ2v) is 22.2. The van der Waals surface area contributed by atoms with Crippen LogP contribution in [0, 0.1) is 0 Å². The first-order valence-corrected chi connectivity index (χ1v) is 25.7. The molecule has 10 aromatic carbocycles. The summed E-state index contributed by atoms with van der Waals surface area (Å²) in [6.07, 6.45) is 0. The molecule has 4 nitrogen and oxygen atoms in total. The third-order valence-electron chi connectivity index (χ3n) is 14.0. The van der Waals surface area contributed by atoms with Gasteiger partial charge in [-0.25, -0.2) is 4.98 Å². The summed E-state index contributed by atoms with van der Waals surface area (Å²) >= 11 is 1.93. The van der Waals surface area contributed by atoms with E-state index >= 15 is 0 Å². The Hall–Kier alpha value is -8.29. The van der Waals surface area contributed by atoms with Crippen molar-refractivity contribution in [1.29, 1.82) is 0 Å². The molecular weight excluding hydrogens is 849 g/mol. The maximum absolute atomic E-state index is 5.21. The van der Waals surface area contributed by atoms with Crippen molar-refractivity contribution in [3.63, 3.8) is 0 Å². The lowest BCUT2D eigenvalue weighted by atomic mass is 10.0. The fourth-order valence-electron chi connectivity index (χ4n) is 11.3. The number of nitrogens with zero attached hydrogens (tertiary/aromatic N) is 4. The van der Waals surface area contributed by atoms with Gasteiger partial charge in [0.05, 0.1) is 38.8 Å². The van der Waals surface area contributed by atoms with Crippen molar-refractivity contribution < 1.29 is 0 Å². The largest absolute Gasteiger partial charge is 0.309 e. The molecule has 6 heteroatoms. The summed E-state index contributed by atoms with van der Waals surface area (Å²) in [5, 5.41) is 10.5. The van der Waals surface area contributed by atoms with Crippen LogP contribution in [0.3, 0.4) is 0 Å². The van der Waals surface area contributed by atoms with Crippen molar-refractivity contribution in [2.24, 2.45) is 0 Å². The Bertz CT molecular complexity index is 4190. The number of thiophene rings is 1. The van der Waals surface area contributed by atoms with Gasteiger partial charge in [-0.15, -0.1) is 11.3 Å². The number of rotatable bonds is 7. The summed E-state index contributed by atoms with van der Waals surface area (Å²) < 4.78 is 9.78. The van der Waals surface area contributed by atoms with Gasteiger partial charge in [-0.3, -0.25) is 8.97 Å². The van der Waals surface area contributed by atoms with Gasteiger partial charge in [0.25, 0.3) is 0 Å². The Labute approximate surface area is 391 Å². The topological polar surface area (TPSA) is 27.2 Å². The summed E-state index contributed by atoms with van der Waals surface area (Å²) in [5.41, 5.74) is 11.3. The van der Waals surface area contributed by atoms with E-state index in [0.29, 0.717) is 0 Å². The van der Waals surface area contributed by atoms with E-state index in [-0.39, 0.29) is 0 Å². The lowest BCUT2D eigenvalue weighted by Gasteiger charge is -2.36. The number of hydrogen-bond acceptors (Lipinski definition) is 2. The molecule has 0 aliphatic carbocycles. The van der Waals surface area contributed by atoms with Gasteiger partial charge in [0.2, 0.25) is 5.78 Å². The second-order valence-electron chi connectivity index (χ2n) is 17.4. The number of para-hydroxylation sites is 6. The second kappa shape index (κ2) is 14.9. The molecule has 314 valence electrons. The minimum absolute atomic E-state index is 0.906. The third kappa shape index (κ3) is 5.48. The highest BCUT2D eigenvalue weighted by molar-refractivity contribution is 7.31. The smallest absolute Gasteiger partial charge is 0.220 e. The monoisotopic (exact) mass is 888 g/mol. The Morgan fingerprint density at radius 1 is 0.373 bits per heavy atom. The zero-order valence-corrected chi connectivity index (χ0v) is 38.1. The summed E-state index contributed by atoms with van der Waals surface area (Å²) in [5.74, 6) is 0.906. The minimum atomic E-state index is -3.08. The maximum atomic E-state index is 5.21. The molecule has 0 N–H and O–H groups in total. The van der Waals surface area contributed by atoms with Crippen LogP contribution in [0.25, 0.3) is 92.3 Å². The molecule has 0 atom stereocenters. The number of fused-ring (bicyclic) bond motifs is 11. The molecule has 0 spiro atoms. The Balaban J connectivity index is 1.04. The molecule has 0 radical (unpaired) electrons. The molecule has 0 aliphatic heterocycles. The molecule has 0 saturated heterocycles. The van der Waals surface area contributed by atoms with Gasteiger partial charge in [-0.1, -0.05) is 182 Å². The van der Waals surface area contributed by atoms with E-state index in [1.165, 1.54) is 68.3 Å². The number of benzene rings is 10. The van der Waals surface area contributed by atoms with Gasteiger partial charge in [0.15, 0.2) is 8.07 Å². The van der Waals surface area contributed by atoms with Gasteiger partial charge in [0.1, 0.15) is 0 Å². The van der Waals surface area contributed by atoms with Crippen molar-refractivity contribution in [3.8, 4) is 22.5 Å². The molecule has 0 fully saturated rings. The average Bonchev–Trinajstić information content (AvgIpc) is 4.15. The van der Waals surface area contributed by atoms with Crippen molar-refractivity contribution in [2.45, 2.75) is 0 Å². The molecule has 0 amide bonds. The van der Waals surface area contributed by atoms with Gasteiger partial charge >= 0.3 is 0 Å². The van der Waals surface area contributed by atoms with Crippen LogP contribution in [-0.2, 0) is 0 Å². The highest BCUT2D eigenvalue weighted by Crippen LogP contribution is 2.39. The molecule has 0 bridgehead atoms. The highest BCUT2D eigenvalue weighted by atomic mass is 32.1. The molecule has 0 saturated carbocycles. The Morgan fingerprint density at radius 3 is 1.76 bits per heavy atom. The Kier molecular flexibility index (Phi) is 8.44. The first-order chi connectivity index (χ1) is 33.3. The average molecular weight is 889 g/mol. The lowest BCUT2D eigenvalue weighted by molar-refractivity contribution is 1.11. The van der Waals surface area contributed by atoms with Gasteiger partial charge in [0, 0.05) is 42.2 Å². The SMILES string of the molecule is c1ccc([Si](c2ccccc2)(c2ccccc2-c2ccccc2-n2c3ccccc3c3cc(-n4c5ccccc5n5c6ccccc6nc45)ccc32)c2cccc3c2sc2ccccc23)cc1. The zero-order valence-electron chi connectivity index (χ0n) is 36.3. The predicted octanol–water partition coefficient (Wildman–Crippen LogP) is 12.9. The number of aromatic nitrogens is 4. The molecule has 67 heavy (non-hydrogen) atoms. The minimum Gasteiger partial charge on any atom is -0.309 e. The van der Waals surface area contributed by atoms with Crippen molar-refractivity contribution >= 4 is 110 Å². The lowest BCUT2D eigenvalue weighted by Crippen LogP contribution is -2.75. The number of imidazole rings is 2. The van der Waals surface area contributed by atoms with Crippen LogP contribution in [0.2, 0.25) is 0 Å². The fourth-order valence-corrected chi connectivity index (χ4v) is 18.0. The predicted molar refractivity (Wildman–Crippen MR) is 286 cm³/mol. The summed E-state index contributed by atoms with van der Waals surface area (Å²) in [6, 6.07) is 89.9. The van der Waals surface area contributed by atoms with E-state index in [4.69, 9.17) is 4.98 Å². The molecule has 0 unspecified atom stereocenters. The van der Waals surface area contributed by atoms with Gasteiger partial charge in [-0.05, 0) is 87.0 Å². The first kappa shape index (κ1) is 38.0. The van der Waals surface area contributed by atoms with Crippen LogP contribution >= 0.6 is 11.3 Å². The standard InChI is InChI=1S/C61H40N4SSi/c1-3-20-42(21-4-1)67(43-22-5-2-6-23-43,59-37-19-28-48-46-26-9-17-35-57(46)66-60(48)59)58-36-18-10-27-47(58)44-24-7-12-30-51(44)64-52-31-13-8-25-45(52)49-40-41(38-39-53(49)64)63-55-33-15-16-34-56(55)65-54-32-14-11-29-50(54)62-61(63)65/h1-40H. The van der Waals surface area contributed by atoms with Crippen molar-refractivity contribution in [1.82, 2.24) is 18.5 Å². The molecule has 4 heterocycles. The summed E-state index contributed by atoms with van der Waals surface area (Å²) in [4.78, 5) is 5.21. The molecule has 14 aromatic rings. The van der Waals surface area contributed by atoms with Crippen molar-refractivity contribution in [3.05, 3.63) is 243 Å². The molecular formula is C61H40N4SSi. The van der Waals surface area contributed by atoms with Gasteiger partial charge < -0.3 is 4.57 Å². The van der Waals surface area contributed by atoms with Crippen LogP contribution in [0.5, 0.6) is 0 Å². The van der Waals surface area contributed by atoms with Crippen LogP contribution in [0.1, 0.15) is 0 Å². The van der Waals surface area contributed by atoms with E-state index in [0.717, 1.165) is 44.7 Å². The molecule has 14 rings (SSSR count). The Morgan fingerprint density at radius 2 is 0.955 bits per heavy atom. The maximum Gasteiger partial charge on any atom is 0.220 e. The number of hydrogen-bond donors (Lipinski definition) is 0. The van der Waals surface area contributed by atoms with Crippen LogP contribution < -0.4 is 20.7 Å². The summed E-state index contributed by atoms with van der Waals surface area (Å²) in [7, 11) is -3.08. The van der Waals surface area contributed by atoms with Gasteiger partial charge in [-0.2, -0.15) is 0 Å². The third-order valence-corrected chi connectivity index (χ3v) is 20.3. The molecule has 0 aliphatic rings. The van der Waals surface area contributed by atoms with E-state index in [9.17, 15) is 0 Å². The first-order valence-electron chi connectivity index (χ1n) is 22.9. The summed E-state index contributed by atoms with van der Waals surface area (Å²) in [6.45, 7) is 0. The van der Waals surface area contributed by atoms with E-state index in [1.807, 2.05) is 11.3 Å². The normalized spacial score (nSPS) is 12.2. The van der Waals surface area contributed by atoms with E-state index in [1.54, 1.807) is 0 Å².